The second-order valence-corrected chi connectivity index (χ2v) is 8.52. The first kappa shape index (κ1) is 22.5. The second-order valence-electron chi connectivity index (χ2n) is 6.72. The van der Waals surface area contributed by atoms with E-state index >= 15 is 0 Å². The zero-order valence-electron chi connectivity index (χ0n) is 16.8. The zero-order chi connectivity index (χ0) is 21.8. The first-order valence-electron chi connectivity index (χ1n) is 9.37. The molecule has 1 saturated heterocycles. The van der Waals surface area contributed by atoms with Crippen molar-refractivity contribution in [1.29, 1.82) is 0 Å². The number of amides is 2. The maximum Gasteiger partial charge on any atom is 0.293 e. The van der Waals surface area contributed by atoms with Gasteiger partial charge >= 0.3 is 0 Å². The van der Waals surface area contributed by atoms with Gasteiger partial charge in [0.1, 0.15) is 0 Å². The third-order valence-electron chi connectivity index (χ3n) is 4.64. The molecule has 5 nitrogen and oxygen atoms in total. The fraction of sp³-hybridized carbons (Fsp3) is 0.273. The first-order valence-corrected chi connectivity index (χ1v) is 10.9. The number of hydrogen-bond donors (Lipinski definition) is 0. The van der Waals surface area contributed by atoms with Gasteiger partial charge in [-0.1, -0.05) is 42.3 Å². The van der Waals surface area contributed by atoms with Crippen molar-refractivity contribution in [2.75, 3.05) is 7.11 Å². The lowest BCUT2D eigenvalue weighted by Crippen LogP contribution is -2.27. The smallest absolute Gasteiger partial charge is 0.293 e. The Morgan fingerprint density at radius 3 is 2.47 bits per heavy atom. The topological polar surface area (TPSA) is 55.8 Å². The molecule has 1 aliphatic heterocycles. The predicted octanol–water partition coefficient (Wildman–Crippen LogP) is 6.42. The molecule has 158 valence electrons. The van der Waals surface area contributed by atoms with E-state index in [1.54, 1.807) is 43.5 Å². The SMILES string of the molecule is CCC(C)Oc1ccc(/C=C2/SC(=O)N(Cc3c(Cl)cccc3Cl)C2=O)cc1OC. The molecule has 0 saturated carbocycles. The maximum atomic E-state index is 12.8. The summed E-state index contributed by atoms with van der Waals surface area (Å²) in [5.41, 5.74) is 1.27. The average molecular weight is 466 g/mol. The number of nitrogens with zero attached hydrogens (tertiary/aromatic N) is 1. The molecule has 30 heavy (non-hydrogen) atoms. The Balaban J connectivity index is 1.83. The number of carbonyl (C=O) groups excluding carboxylic acids is 2. The number of benzene rings is 2. The largest absolute Gasteiger partial charge is 0.493 e. The van der Waals surface area contributed by atoms with Crippen molar-refractivity contribution in [3.8, 4) is 11.5 Å². The van der Waals surface area contributed by atoms with E-state index < -0.39 is 0 Å². The van der Waals surface area contributed by atoms with Crippen molar-refractivity contribution < 1.29 is 19.1 Å². The van der Waals surface area contributed by atoms with Crippen LogP contribution in [0.3, 0.4) is 0 Å². The van der Waals surface area contributed by atoms with Crippen molar-refractivity contribution >= 4 is 52.2 Å². The van der Waals surface area contributed by atoms with Crippen LogP contribution in [0.25, 0.3) is 6.08 Å². The number of ether oxygens (including phenoxy) is 2. The van der Waals surface area contributed by atoms with Gasteiger partial charge in [-0.05, 0) is 61.0 Å². The minimum absolute atomic E-state index is 0.0194. The number of methoxy groups -OCH3 is 1. The van der Waals surface area contributed by atoms with Gasteiger partial charge in [0.25, 0.3) is 11.1 Å². The van der Waals surface area contributed by atoms with Crippen LogP contribution in [0, 0.1) is 0 Å². The molecule has 1 aliphatic rings. The summed E-state index contributed by atoms with van der Waals surface area (Å²) in [6.45, 7) is 4.04. The molecule has 3 rings (SSSR count). The number of carbonyl (C=O) groups is 2. The van der Waals surface area contributed by atoms with E-state index in [2.05, 4.69) is 0 Å². The van der Waals surface area contributed by atoms with Crippen LogP contribution in [0.2, 0.25) is 10.0 Å². The molecule has 0 radical (unpaired) electrons. The van der Waals surface area contributed by atoms with E-state index in [0.717, 1.165) is 28.6 Å². The summed E-state index contributed by atoms with van der Waals surface area (Å²) in [7, 11) is 1.56. The molecule has 2 amide bonds. The van der Waals surface area contributed by atoms with Gasteiger partial charge in [0.05, 0.1) is 24.7 Å². The summed E-state index contributed by atoms with van der Waals surface area (Å²) in [6, 6.07) is 10.4. The summed E-state index contributed by atoms with van der Waals surface area (Å²) in [5, 5.41) is 0.449. The van der Waals surface area contributed by atoms with Crippen LogP contribution in [0.15, 0.2) is 41.3 Å². The summed E-state index contributed by atoms with van der Waals surface area (Å²) >= 11 is 13.2. The van der Waals surface area contributed by atoms with Crippen molar-refractivity contribution in [2.24, 2.45) is 0 Å². The fourth-order valence-electron chi connectivity index (χ4n) is 2.80. The summed E-state index contributed by atoms with van der Waals surface area (Å²) in [4.78, 5) is 26.7. The molecular weight excluding hydrogens is 445 g/mol. The first-order chi connectivity index (χ1) is 14.3. The van der Waals surface area contributed by atoms with Crippen LogP contribution < -0.4 is 9.47 Å². The van der Waals surface area contributed by atoms with Crippen LogP contribution in [0.1, 0.15) is 31.4 Å². The summed E-state index contributed by atoms with van der Waals surface area (Å²) < 4.78 is 11.3. The molecule has 0 bridgehead atoms. The van der Waals surface area contributed by atoms with Gasteiger partial charge in [-0.25, -0.2) is 0 Å². The predicted molar refractivity (Wildman–Crippen MR) is 121 cm³/mol. The second kappa shape index (κ2) is 9.77. The molecule has 1 heterocycles. The highest BCUT2D eigenvalue weighted by Crippen LogP contribution is 2.37. The third-order valence-corrected chi connectivity index (χ3v) is 6.26. The van der Waals surface area contributed by atoms with Crippen LogP contribution in [0.4, 0.5) is 4.79 Å². The Bertz CT molecular complexity index is 988. The van der Waals surface area contributed by atoms with E-state index in [1.165, 1.54) is 0 Å². The highest BCUT2D eigenvalue weighted by Gasteiger charge is 2.35. The monoisotopic (exact) mass is 465 g/mol. The van der Waals surface area contributed by atoms with Crippen LogP contribution in [0.5, 0.6) is 11.5 Å². The summed E-state index contributed by atoms with van der Waals surface area (Å²) in [5.74, 6) is 0.802. The zero-order valence-corrected chi connectivity index (χ0v) is 19.1. The highest BCUT2D eigenvalue weighted by molar-refractivity contribution is 8.18. The van der Waals surface area contributed by atoms with Crippen molar-refractivity contribution in [3.05, 3.63) is 62.5 Å². The van der Waals surface area contributed by atoms with Gasteiger partial charge in [-0.15, -0.1) is 0 Å². The Morgan fingerprint density at radius 2 is 1.83 bits per heavy atom. The molecule has 1 atom stereocenters. The Morgan fingerprint density at radius 1 is 1.13 bits per heavy atom. The lowest BCUT2D eigenvalue weighted by Gasteiger charge is -2.16. The molecule has 1 unspecified atom stereocenters. The number of rotatable bonds is 7. The Labute approximate surface area is 189 Å². The molecule has 0 aliphatic carbocycles. The van der Waals surface area contributed by atoms with E-state index in [1.807, 2.05) is 19.9 Å². The minimum Gasteiger partial charge on any atom is -0.493 e. The maximum absolute atomic E-state index is 12.8. The van der Waals surface area contributed by atoms with E-state index in [4.69, 9.17) is 32.7 Å². The third kappa shape index (κ3) is 4.94. The highest BCUT2D eigenvalue weighted by atomic mass is 35.5. The van der Waals surface area contributed by atoms with Crippen LogP contribution in [-0.4, -0.2) is 29.3 Å². The molecule has 0 aromatic heterocycles. The van der Waals surface area contributed by atoms with E-state index in [0.29, 0.717) is 32.0 Å². The molecule has 2 aromatic rings. The van der Waals surface area contributed by atoms with Gasteiger partial charge in [0, 0.05) is 15.6 Å². The average Bonchev–Trinajstić information content (AvgIpc) is 2.98. The van der Waals surface area contributed by atoms with Crippen molar-refractivity contribution in [2.45, 2.75) is 32.9 Å². The normalized spacial score (nSPS) is 16.3. The summed E-state index contributed by atoms with van der Waals surface area (Å²) in [6.07, 6.45) is 2.58. The standard InChI is InChI=1S/C22H21Cl2NO4S/c1-4-13(2)29-18-9-8-14(10-19(18)28-3)11-20-21(26)25(22(27)30-20)12-15-16(23)6-5-7-17(15)24/h5-11,13H,4,12H2,1-3H3/b20-11+. The number of halogens is 2. The molecule has 1 fully saturated rings. The van der Waals surface area contributed by atoms with Gasteiger partial charge < -0.3 is 9.47 Å². The quantitative estimate of drug-likeness (QED) is 0.441. The molecule has 0 spiro atoms. The number of hydrogen-bond acceptors (Lipinski definition) is 5. The Kier molecular flexibility index (Phi) is 7.34. The molecule has 2 aromatic carbocycles. The molecule has 0 N–H and O–H groups in total. The van der Waals surface area contributed by atoms with Crippen molar-refractivity contribution in [3.63, 3.8) is 0 Å². The van der Waals surface area contributed by atoms with E-state index in [9.17, 15) is 9.59 Å². The van der Waals surface area contributed by atoms with Gasteiger partial charge in [-0.2, -0.15) is 0 Å². The Hall–Kier alpha value is -2.15. The lowest BCUT2D eigenvalue weighted by atomic mass is 10.1. The van der Waals surface area contributed by atoms with Crippen LogP contribution >= 0.6 is 35.0 Å². The lowest BCUT2D eigenvalue weighted by molar-refractivity contribution is -0.123. The van der Waals surface area contributed by atoms with Gasteiger partial charge in [0.15, 0.2) is 11.5 Å². The fourth-order valence-corrected chi connectivity index (χ4v) is 4.16. The number of imide groups is 1. The van der Waals surface area contributed by atoms with Crippen LogP contribution in [-0.2, 0) is 11.3 Å². The van der Waals surface area contributed by atoms with Gasteiger partial charge in [0.2, 0.25) is 0 Å². The molecule has 8 heteroatoms. The van der Waals surface area contributed by atoms with E-state index in [-0.39, 0.29) is 23.8 Å². The van der Waals surface area contributed by atoms with Gasteiger partial charge in [-0.3, -0.25) is 14.5 Å². The minimum atomic E-state index is -0.389. The molecular formula is C22H21Cl2NO4S. The van der Waals surface area contributed by atoms with Crippen molar-refractivity contribution in [1.82, 2.24) is 4.90 Å². The number of thioether (sulfide) groups is 1.